The van der Waals surface area contributed by atoms with Crippen LogP contribution in [-0.2, 0) is 14.8 Å². The number of nitrogens with zero attached hydrogens (tertiary/aromatic N) is 1. The molecule has 0 bridgehead atoms. The van der Waals surface area contributed by atoms with E-state index >= 15 is 0 Å². The zero-order valence-electron chi connectivity index (χ0n) is 12.8. The van der Waals surface area contributed by atoms with Gasteiger partial charge in [0, 0.05) is 6.04 Å². The molecule has 7 heteroatoms. The van der Waals surface area contributed by atoms with Crippen LogP contribution in [0.25, 0.3) is 0 Å². The summed E-state index contributed by atoms with van der Waals surface area (Å²) >= 11 is 0. The highest BCUT2D eigenvalue weighted by Gasteiger charge is 2.23. The van der Waals surface area contributed by atoms with Gasteiger partial charge in [-0.1, -0.05) is 19.1 Å². The number of amides is 1. The van der Waals surface area contributed by atoms with Crippen molar-refractivity contribution >= 4 is 21.6 Å². The lowest BCUT2D eigenvalue weighted by Gasteiger charge is -2.24. The van der Waals surface area contributed by atoms with Crippen molar-refractivity contribution in [3.05, 3.63) is 24.3 Å². The van der Waals surface area contributed by atoms with E-state index in [0.717, 1.165) is 17.0 Å². The number of rotatable bonds is 7. The van der Waals surface area contributed by atoms with Crippen molar-refractivity contribution in [3.63, 3.8) is 0 Å². The average Bonchev–Trinajstić information content (AvgIpc) is 2.43. The van der Waals surface area contributed by atoms with Crippen LogP contribution in [0.15, 0.2) is 24.3 Å². The molecule has 0 radical (unpaired) electrons. The van der Waals surface area contributed by atoms with Gasteiger partial charge in [-0.2, -0.15) is 0 Å². The Morgan fingerprint density at radius 3 is 2.52 bits per heavy atom. The maximum atomic E-state index is 12.0. The summed E-state index contributed by atoms with van der Waals surface area (Å²) in [5.74, 6) is 0.0555. The third kappa shape index (κ3) is 4.93. The lowest BCUT2D eigenvalue weighted by atomic mass is 10.2. The highest BCUT2D eigenvalue weighted by molar-refractivity contribution is 7.92. The van der Waals surface area contributed by atoms with E-state index in [1.54, 1.807) is 24.3 Å². The molecule has 1 unspecified atom stereocenters. The molecule has 1 atom stereocenters. The van der Waals surface area contributed by atoms with Gasteiger partial charge >= 0.3 is 0 Å². The zero-order chi connectivity index (χ0) is 16.0. The summed E-state index contributed by atoms with van der Waals surface area (Å²) in [6.07, 6.45) is 1.84. The Hall–Kier alpha value is -1.76. The summed E-state index contributed by atoms with van der Waals surface area (Å²) < 4.78 is 30.2. The normalized spacial score (nSPS) is 12.6. The van der Waals surface area contributed by atoms with Crippen LogP contribution in [0, 0.1) is 0 Å². The van der Waals surface area contributed by atoms with Gasteiger partial charge < -0.3 is 10.1 Å². The van der Waals surface area contributed by atoms with Crippen LogP contribution in [0.5, 0.6) is 5.75 Å². The van der Waals surface area contributed by atoms with Gasteiger partial charge in [-0.05, 0) is 25.5 Å². The molecule has 1 aromatic rings. The van der Waals surface area contributed by atoms with Crippen molar-refractivity contribution in [2.45, 2.75) is 26.3 Å². The molecule has 0 fully saturated rings. The molecule has 0 aromatic heterocycles. The fourth-order valence-electron chi connectivity index (χ4n) is 1.77. The largest absolute Gasteiger partial charge is 0.495 e. The van der Waals surface area contributed by atoms with E-state index in [-0.39, 0.29) is 18.5 Å². The van der Waals surface area contributed by atoms with Crippen molar-refractivity contribution in [1.29, 1.82) is 0 Å². The van der Waals surface area contributed by atoms with Crippen LogP contribution in [0.3, 0.4) is 0 Å². The third-order valence-corrected chi connectivity index (χ3v) is 4.19. The second-order valence-electron chi connectivity index (χ2n) is 4.82. The molecule has 0 saturated carbocycles. The zero-order valence-corrected chi connectivity index (χ0v) is 13.6. The number of hydrogen-bond donors (Lipinski definition) is 1. The molecule has 0 saturated heterocycles. The first-order chi connectivity index (χ1) is 9.79. The van der Waals surface area contributed by atoms with Gasteiger partial charge in [0.05, 0.1) is 19.1 Å². The Morgan fingerprint density at radius 2 is 2.00 bits per heavy atom. The van der Waals surface area contributed by atoms with Gasteiger partial charge in [0.15, 0.2) is 0 Å². The fourth-order valence-corrected chi connectivity index (χ4v) is 2.63. The number of benzene rings is 1. The van der Waals surface area contributed by atoms with E-state index in [4.69, 9.17) is 4.74 Å². The summed E-state index contributed by atoms with van der Waals surface area (Å²) in [7, 11) is -2.14. The molecule has 1 N–H and O–H groups in total. The van der Waals surface area contributed by atoms with Crippen LogP contribution in [0.2, 0.25) is 0 Å². The van der Waals surface area contributed by atoms with E-state index in [2.05, 4.69) is 5.32 Å². The van der Waals surface area contributed by atoms with E-state index in [1.807, 2.05) is 13.8 Å². The summed E-state index contributed by atoms with van der Waals surface area (Å²) in [6, 6.07) is 6.69. The SMILES string of the molecule is CCC(C)NC(=O)CN(c1ccccc1OC)S(C)(=O)=O. The van der Waals surface area contributed by atoms with Crippen molar-refractivity contribution in [1.82, 2.24) is 5.32 Å². The standard InChI is InChI=1S/C14H22N2O4S/c1-5-11(2)15-14(17)10-16(21(4,18)19)12-8-6-7-9-13(12)20-3/h6-9,11H,5,10H2,1-4H3,(H,15,17). The highest BCUT2D eigenvalue weighted by atomic mass is 32.2. The number of carbonyl (C=O) groups is 1. The highest BCUT2D eigenvalue weighted by Crippen LogP contribution is 2.29. The summed E-state index contributed by atoms with van der Waals surface area (Å²) in [6.45, 7) is 3.54. The van der Waals surface area contributed by atoms with Crippen LogP contribution in [0.1, 0.15) is 20.3 Å². The quantitative estimate of drug-likeness (QED) is 0.825. The van der Waals surface area contributed by atoms with Crippen LogP contribution >= 0.6 is 0 Å². The number of para-hydroxylation sites is 2. The molecule has 1 rings (SSSR count). The number of nitrogens with one attached hydrogen (secondary N) is 1. The molecule has 118 valence electrons. The fraction of sp³-hybridized carbons (Fsp3) is 0.500. The lowest BCUT2D eigenvalue weighted by molar-refractivity contribution is -0.120. The predicted octanol–water partition coefficient (Wildman–Crippen LogP) is 1.38. The lowest BCUT2D eigenvalue weighted by Crippen LogP contribution is -2.43. The van der Waals surface area contributed by atoms with Crippen molar-refractivity contribution < 1.29 is 17.9 Å². The summed E-state index contributed by atoms with van der Waals surface area (Å²) in [4.78, 5) is 12.0. The number of ether oxygens (including phenoxy) is 1. The summed E-state index contributed by atoms with van der Waals surface area (Å²) in [5.41, 5.74) is 0.349. The molecule has 1 aromatic carbocycles. The van der Waals surface area contributed by atoms with Crippen LogP contribution < -0.4 is 14.4 Å². The first-order valence-electron chi connectivity index (χ1n) is 6.69. The van der Waals surface area contributed by atoms with E-state index in [1.165, 1.54) is 7.11 Å². The van der Waals surface area contributed by atoms with E-state index in [0.29, 0.717) is 11.4 Å². The molecule has 0 heterocycles. The molecule has 1 amide bonds. The van der Waals surface area contributed by atoms with Crippen LogP contribution in [-0.4, -0.2) is 40.3 Å². The average molecular weight is 314 g/mol. The minimum Gasteiger partial charge on any atom is -0.495 e. The third-order valence-electron chi connectivity index (χ3n) is 3.06. The second kappa shape index (κ2) is 7.31. The Labute approximate surface area is 126 Å². The Balaban J connectivity index is 3.06. The maximum absolute atomic E-state index is 12.0. The molecule has 0 aliphatic carbocycles. The monoisotopic (exact) mass is 314 g/mol. The number of sulfonamides is 1. The molecule has 6 nitrogen and oxygen atoms in total. The number of methoxy groups -OCH3 is 1. The predicted molar refractivity (Wildman–Crippen MR) is 83.1 cm³/mol. The first kappa shape index (κ1) is 17.3. The Morgan fingerprint density at radius 1 is 1.38 bits per heavy atom. The minimum absolute atomic E-state index is 0.00317. The maximum Gasteiger partial charge on any atom is 0.240 e. The Kier molecular flexibility index (Phi) is 6.02. The second-order valence-corrected chi connectivity index (χ2v) is 6.73. The van der Waals surface area contributed by atoms with E-state index in [9.17, 15) is 13.2 Å². The van der Waals surface area contributed by atoms with Gasteiger partial charge in [0.1, 0.15) is 12.3 Å². The number of hydrogen-bond acceptors (Lipinski definition) is 4. The molecule has 0 aliphatic rings. The van der Waals surface area contributed by atoms with Crippen molar-refractivity contribution in [2.75, 3.05) is 24.2 Å². The summed E-state index contributed by atoms with van der Waals surface area (Å²) in [5, 5.41) is 2.75. The molecular formula is C14H22N2O4S. The van der Waals surface area contributed by atoms with Gasteiger partial charge in [-0.3, -0.25) is 9.10 Å². The topological polar surface area (TPSA) is 75.7 Å². The van der Waals surface area contributed by atoms with Gasteiger partial charge in [0.25, 0.3) is 0 Å². The number of carbonyl (C=O) groups excluding carboxylic acids is 1. The van der Waals surface area contributed by atoms with Crippen molar-refractivity contribution in [3.8, 4) is 5.75 Å². The first-order valence-corrected chi connectivity index (χ1v) is 8.54. The van der Waals surface area contributed by atoms with Gasteiger partial charge in [-0.25, -0.2) is 8.42 Å². The molecular weight excluding hydrogens is 292 g/mol. The Bertz CT molecular complexity index is 586. The molecule has 0 aliphatic heterocycles. The van der Waals surface area contributed by atoms with Gasteiger partial charge in [-0.15, -0.1) is 0 Å². The van der Waals surface area contributed by atoms with Gasteiger partial charge in [0.2, 0.25) is 15.9 Å². The smallest absolute Gasteiger partial charge is 0.240 e. The van der Waals surface area contributed by atoms with E-state index < -0.39 is 10.0 Å². The van der Waals surface area contributed by atoms with Crippen LogP contribution in [0.4, 0.5) is 5.69 Å². The molecule has 21 heavy (non-hydrogen) atoms. The minimum atomic E-state index is -3.60. The van der Waals surface area contributed by atoms with Crippen molar-refractivity contribution in [2.24, 2.45) is 0 Å². The molecule has 0 spiro atoms. The number of anilines is 1.